The number of halogens is 2. The van der Waals surface area contributed by atoms with Gasteiger partial charge in [-0.25, -0.2) is 0 Å². The number of carbonyl (C=O) groups is 1. The second-order valence-electron chi connectivity index (χ2n) is 6.68. The van der Waals surface area contributed by atoms with E-state index in [1.54, 1.807) is 0 Å². The van der Waals surface area contributed by atoms with E-state index >= 15 is 0 Å². The van der Waals surface area contributed by atoms with E-state index in [1.807, 2.05) is 12.1 Å². The minimum atomic E-state index is 0. The minimum absolute atomic E-state index is 0. The van der Waals surface area contributed by atoms with Gasteiger partial charge in [0.2, 0.25) is 5.91 Å². The standard InChI is InChI=1S/C17H23BrN2O.ClH/c1-10(8-11-2-6-14(18)7-3-11)20-17(21)15-12-4-5-13(9-12)16(15)19;/h2-3,6-7,10,12-13,15-16H,4-5,8-9,19H2,1H3,(H,20,21);1H. The van der Waals surface area contributed by atoms with Gasteiger partial charge >= 0.3 is 0 Å². The second kappa shape index (κ2) is 7.33. The Kier molecular flexibility index (Phi) is 5.92. The molecule has 0 saturated heterocycles. The summed E-state index contributed by atoms with van der Waals surface area (Å²) in [4.78, 5) is 12.5. The first-order chi connectivity index (χ1) is 10.0. The van der Waals surface area contributed by atoms with Crippen LogP contribution in [0.4, 0.5) is 0 Å². The molecule has 5 atom stereocenters. The van der Waals surface area contributed by atoms with Crippen molar-refractivity contribution in [2.75, 3.05) is 0 Å². The SMILES string of the molecule is CC(Cc1ccc(Br)cc1)NC(=O)C1C2CCC(C2)C1N.Cl. The number of amides is 1. The monoisotopic (exact) mass is 386 g/mol. The van der Waals surface area contributed by atoms with Gasteiger partial charge in [-0.2, -0.15) is 0 Å². The summed E-state index contributed by atoms with van der Waals surface area (Å²) in [5.74, 6) is 1.30. The Morgan fingerprint density at radius 3 is 2.55 bits per heavy atom. The maximum Gasteiger partial charge on any atom is 0.225 e. The molecule has 3 nitrogen and oxygen atoms in total. The lowest BCUT2D eigenvalue weighted by molar-refractivity contribution is -0.127. The molecule has 1 aromatic carbocycles. The van der Waals surface area contributed by atoms with Crippen LogP contribution in [0.5, 0.6) is 0 Å². The third kappa shape index (κ3) is 3.66. The summed E-state index contributed by atoms with van der Waals surface area (Å²) < 4.78 is 1.08. The number of hydrogen-bond acceptors (Lipinski definition) is 2. The summed E-state index contributed by atoms with van der Waals surface area (Å²) in [5, 5.41) is 3.17. The molecular formula is C17H24BrClN2O. The van der Waals surface area contributed by atoms with Crippen LogP contribution in [0.1, 0.15) is 31.7 Å². The van der Waals surface area contributed by atoms with Crippen molar-refractivity contribution in [1.29, 1.82) is 0 Å². The fraction of sp³-hybridized carbons (Fsp3) is 0.588. The molecule has 0 spiro atoms. The molecule has 3 N–H and O–H groups in total. The molecule has 0 radical (unpaired) electrons. The van der Waals surface area contributed by atoms with Crippen LogP contribution in [0.2, 0.25) is 0 Å². The average Bonchev–Trinajstić information content (AvgIpc) is 3.01. The van der Waals surface area contributed by atoms with Gasteiger partial charge in [0.15, 0.2) is 0 Å². The number of nitrogens with two attached hydrogens (primary N) is 1. The third-order valence-electron chi connectivity index (χ3n) is 5.13. The molecule has 2 bridgehead atoms. The highest BCUT2D eigenvalue weighted by atomic mass is 79.9. The zero-order valence-corrected chi connectivity index (χ0v) is 15.2. The second-order valence-corrected chi connectivity index (χ2v) is 7.59. The molecule has 5 unspecified atom stereocenters. The van der Waals surface area contributed by atoms with E-state index in [9.17, 15) is 4.79 Å². The van der Waals surface area contributed by atoms with E-state index in [0.29, 0.717) is 11.8 Å². The normalized spacial score (nSPS) is 30.7. The quantitative estimate of drug-likeness (QED) is 0.833. The van der Waals surface area contributed by atoms with Crippen LogP contribution in [0.3, 0.4) is 0 Å². The molecule has 22 heavy (non-hydrogen) atoms. The van der Waals surface area contributed by atoms with Gasteiger partial charge in [-0.15, -0.1) is 12.4 Å². The van der Waals surface area contributed by atoms with E-state index in [4.69, 9.17) is 5.73 Å². The molecule has 0 aliphatic heterocycles. The predicted molar refractivity (Wildman–Crippen MR) is 95.0 cm³/mol. The predicted octanol–water partition coefficient (Wildman–Crippen LogP) is 3.29. The molecule has 5 heteroatoms. The molecule has 3 rings (SSSR count). The third-order valence-corrected chi connectivity index (χ3v) is 5.66. The molecular weight excluding hydrogens is 364 g/mol. The fourth-order valence-electron chi connectivity index (χ4n) is 4.09. The number of nitrogens with one attached hydrogen (secondary N) is 1. The Morgan fingerprint density at radius 1 is 1.32 bits per heavy atom. The smallest absolute Gasteiger partial charge is 0.225 e. The van der Waals surface area contributed by atoms with Gasteiger partial charge in [-0.3, -0.25) is 4.79 Å². The van der Waals surface area contributed by atoms with Crippen molar-refractivity contribution < 1.29 is 4.79 Å². The number of hydrogen-bond donors (Lipinski definition) is 2. The van der Waals surface area contributed by atoms with E-state index in [1.165, 1.54) is 18.4 Å². The summed E-state index contributed by atoms with van der Waals surface area (Å²) in [5.41, 5.74) is 7.48. The Balaban J connectivity index is 0.00000176. The van der Waals surface area contributed by atoms with Crippen molar-refractivity contribution in [2.45, 2.75) is 44.7 Å². The lowest BCUT2D eigenvalue weighted by Gasteiger charge is -2.28. The maximum atomic E-state index is 12.5. The van der Waals surface area contributed by atoms with Crippen molar-refractivity contribution in [3.8, 4) is 0 Å². The van der Waals surface area contributed by atoms with E-state index in [0.717, 1.165) is 17.3 Å². The van der Waals surface area contributed by atoms with Gasteiger partial charge < -0.3 is 11.1 Å². The van der Waals surface area contributed by atoms with Crippen LogP contribution < -0.4 is 11.1 Å². The molecule has 2 saturated carbocycles. The van der Waals surface area contributed by atoms with Crippen LogP contribution in [0.25, 0.3) is 0 Å². The zero-order chi connectivity index (χ0) is 15.0. The Morgan fingerprint density at radius 2 is 1.95 bits per heavy atom. The average molecular weight is 388 g/mol. The molecule has 0 heterocycles. The van der Waals surface area contributed by atoms with Gasteiger partial charge in [-0.1, -0.05) is 28.1 Å². The molecule has 1 amide bonds. The summed E-state index contributed by atoms with van der Waals surface area (Å²) in [7, 11) is 0. The highest BCUT2D eigenvalue weighted by Gasteiger charge is 2.49. The van der Waals surface area contributed by atoms with Crippen LogP contribution in [-0.4, -0.2) is 18.0 Å². The van der Waals surface area contributed by atoms with E-state index in [2.05, 4.69) is 40.3 Å². The highest BCUT2D eigenvalue weighted by Crippen LogP contribution is 2.47. The van der Waals surface area contributed by atoms with E-state index < -0.39 is 0 Å². The number of rotatable bonds is 4. The van der Waals surface area contributed by atoms with Crippen molar-refractivity contribution in [2.24, 2.45) is 23.5 Å². The largest absolute Gasteiger partial charge is 0.353 e. The van der Waals surface area contributed by atoms with Crippen LogP contribution >= 0.6 is 28.3 Å². The lowest BCUT2D eigenvalue weighted by Crippen LogP contribution is -2.47. The van der Waals surface area contributed by atoms with Gasteiger partial charge in [0.1, 0.15) is 0 Å². The van der Waals surface area contributed by atoms with Crippen LogP contribution in [0, 0.1) is 17.8 Å². The van der Waals surface area contributed by atoms with Gasteiger partial charge in [-0.05, 0) is 62.1 Å². The Labute approximate surface area is 147 Å². The van der Waals surface area contributed by atoms with Crippen molar-refractivity contribution >= 4 is 34.2 Å². The van der Waals surface area contributed by atoms with Crippen molar-refractivity contribution in [3.05, 3.63) is 34.3 Å². The minimum Gasteiger partial charge on any atom is -0.353 e. The number of fused-ring (bicyclic) bond motifs is 2. The topological polar surface area (TPSA) is 55.1 Å². The lowest BCUT2D eigenvalue weighted by atomic mass is 9.84. The van der Waals surface area contributed by atoms with Crippen LogP contribution in [0.15, 0.2) is 28.7 Å². The van der Waals surface area contributed by atoms with Crippen LogP contribution in [-0.2, 0) is 11.2 Å². The van der Waals surface area contributed by atoms with Gasteiger partial charge in [0.25, 0.3) is 0 Å². The first-order valence-electron chi connectivity index (χ1n) is 7.85. The molecule has 2 fully saturated rings. The molecule has 2 aliphatic carbocycles. The van der Waals surface area contributed by atoms with Crippen molar-refractivity contribution in [3.63, 3.8) is 0 Å². The maximum absolute atomic E-state index is 12.5. The molecule has 2 aliphatic rings. The summed E-state index contributed by atoms with van der Waals surface area (Å²) in [6.45, 7) is 2.07. The van der Waals surface area contributed by atoms with Gasteiger partial charge in [0.05, 0.1) is 5.92 Å². The van der Waals surface area contributed by atoms with E-state index in [-0.39, 0.29) is 36.3 Å². The summed E-state index contributed by atoms with van der Waals surface area (Å²) in [6.07, 6.45) is 4.40. The molecule has 0 aromatic heterocycles. The summed E-state index contributed by atoms with van der Waals surface area (Å²) in [6, 6.07) is 8.48. The summed E-state index contributed by atoms with van der Waals surface area (Å²) >= 11 is 3.44. The first kappa shape index (κ1) is 17.8. The number of benzene rings is 1. The first-order valence-corrected chi connectivity index (χ1v) is 8.64. The fourth-order valence-corrected chi connectivity index (χ4v) is 4.35. The van der Waals surface area contributed by atoms with Crippen molar-refractivity contribution in [1.82, 2.24) is 5.32 Å². The molecule has 1 aromatic rings. The Hall–Kier alpha value is -0.580. The van der Waals surface area contributed by atoms with Gasteiger partial charge in [0, 0.05) is 16.6 Å². The Bertz CT molecular complexity index is 520. The zero-order valence-electron chi connectivity index (χ0n) is 12.8. The number of carbonyl (C=O) groups excluding carboxylic acids is 1. The highest BCUT2D eigenvalue weighted by molar-refractivity contribution is 9.10. The molecule has 122 valence electrons.